The maximum absolute atomic E-state index is 12.5. The van der Waals surface area contributed by atoms with Crippen molar-refractivity contribution in [2.24, 2.45) is 0 Å². The molecule has 0 aliphatic heterocycles. The lowest BCUT2D eigenvalue weighted by molar-refractivity contribution is -0.0153. The Balaban J connectivity index is 3.25. The van der Waals surface area contributed by atoms with Crippen molar-refractivity contribution in [3.8, 4) is 0 Å². The minimum absolute atomic E-state index is 0.0606. The van der Waals surface area contributed by atoms with Crippen molar-refractivity contribution in [2.45, 2.75) is 17.1 Å². The molecule has 9 heteroatoms. The maximum Gasteiger partial charge on any atom is 0.310 e. The van der Waals surface area contributed by atoms with Crippen LogP contribution in [0.2, 0.25) is 0 Å². The molecule has 0 radical (unpaired) electrons. The summed E-state index contributed by atoms with van der Waals surface area (Å²) in [5.74, 6) is 0. The van der Waals surface area contributed by atoms with E-state index in [1.54, 1.807) is 0 Å². The quantitative estimate of drug-likeness (QED) is 0.748. The molecule has 0 fully saturated rings. The first-order chi connectivity index (χ1) is 7.85. The van der Waals surface area contributed by atoms with Gasteiger partial charge in [-0.05, 0) is 17.7 Å². The lowest BCUT2D eigenvalue weighted by atomic mass is 10.1. The van der Waals surface area contributed by atoms with Gasteiger partial charge in [0, 0.05) is 0 Å². The summed E-state index contributed by atoms with van der Waals surface area (Å²) in [6, 6.07) is 1.88. The second kappa shape index (κ2) is 3.80. The molecule has 0 aromatic heterocycles. The van der Waals surface area contributed by atoms with Gasteiger partial charge in [-0.25, -0.2) is 0 Å². The van der Waals surface area contributed by atoms with Crippen LogP contribution in [0, 0.1) is 0 Å². The molecule has 0 bridgehead atoms. The van der Waals surface area contributed by atoms with Gasteiger partial charge < -0.3 is 15.3 Å². The summed E-state index contributed by atoms with van der Waals surface area (Å²) in [5, 5.41) is 26.9. The Morgan fingerprint density at radius 1 is 1.06 bits per heavy atom. The Labute approximate surface area is 99.2 Å². The standard InChI is InChI=1S/C9H11F5O3S/c10-18(11,12,13,14)7-3-1-2-6(4-7)9(17)8(16)5-15/h1-4,8-9,15-17H,5H2. The van der Waals surface area contributed by atoms with E-state index in [0.717, 1.165) is 6.07 Å². The highest BCUT2D eigenvalue weighted by Gasteiger charge is 2.65. The molecule has 0 aliphatic carbocycles. The molecule has 0 spiro atoms. The smallest absolute Gasteiger partial charge is 0.310 e. The summed E-state index contributed by atoms with van der Waals surface area (Å²) >= 11 is 0. The van der Waals surface area contributed by atoms with Gasteiger partial charge in [0.2, 0.25) is 0 Å². The van der Waals surface area contributed by atoms with Crippen molar-refractivity contribution in [2.75, 3.05) is 6.61 Å². The molecule has 2 atom stereocenters. The third-order valence-corrected chi connectivity index (χ3v) is 3.34. The summed E-state index contributed by atoms with van der Waals surface area (Å²) in [7, 11) is -9.82. The predicted octanol–water partition coefficient (Wildman–Crippen LogP) is 2.73. The Morgan fingerprint density at radius 2 is 1.61 bits per heavy atom. The largest absolute Gasteiger partial charge is 0.394 e. The van der Waals surface area contributed by atoms with Gasteiger partial charge in [0.05, 0.1) is 6.61 Å². The average molecular weight is 294 g/mol. The maximum atomic E-state index is 12.5. The van der Waals surface area contributed by atoms with Gasteiger partial charge in [-0.1, -0.05) is 31.6 Å². The molecule has 3 N–H and O–H groups in total. The highest BCUT2D eigenvalue weighted by Crippen LogP contribution is 3.02. The van der Waals surface area contributed by atoms with Crippen LogP contribution in [-0.2, 0) is 0 Å². The topological polar surface area (TPSA) is 60.7 Å². The number of aliphatic hydroxyl groups is 3. The van der Waals surface area contributed by atoms with Crippen LogP contribution in [0.25, 0.3) is 0 Å². The molecule has 18 heavy (non-hydrogen) atoms. The zero-order valence-electron chi connectivity index (χ0n) is 8.81. The van der Waals surface area contributed by atoms with Crippen molar-refractivity contribution in [3.63, 3.8) is 0 Å². The number of rotatable bonds is 4. The average Bonchev–Trinajstić information content (AvgIpc) is 2.24. The van der Waals surface area contributed by atoms with E-state index >= 15 is 0 Å². The summed E-state index contributed by atoms with van der Waals surface area (Å²) in [6.07, 6.45) is -3.63. The molecule has 0 saturated carbocycles. The molecule has 1 aromatic rings. The van der Waals surface area contributed by atoms with Gasteiger partial charge in [0.1, 0.15) is 17.1 Å². The lowest BCUT2D eigenvalue weighted by Gasteiger charge is -2.40. The SMILES string of the molecule is OCC(O)C(O)c1cccc(S(F)(F)(F)(F)F)c1. The molecule has 3 nitrogen and oxygen atoms in total. The molecule has 1 rings (SSSR count). The van der Waals surface area contributed by atoms with E-state index < -0.39 is 39.5 Å². The van der Waals surface area contributed by atoms with Crippen molar-refractivity contribution in [1.82, 2.24) is 0 Å². The molecule has 0 aliphatic rings. The van der Waals surface area contributed by atoms with Crippen molar-refractivity contribution < 1.29 is 34.7 Å². The lowest BCUT2D eigenvalue weighted by Crippen LogP contribution is -2.22. The molecular formula is C9H11F5O3S. The van der Waals surface area contributed by atoms with E-state index in [0.29, 0.717) is 6.07 Å². The van der Waals surface area contributed by atoms with Crippen molar-refractivity contribution in [1.29, 1.82) is 0 Å². The fourth-order valence-electron chi connectivity index (χ4n) is 1.26. The van der Waals surface area contributed by atoms with Gasteiger partial charge in [0.15, 0.2) is 0 Å². The molecule has 1 aromatic carbocycles. The van der Waals surface area contributed by atoms with E-state index in [9.17, 15) is 24.5 Å². The van der Waals surface area contributed by atoms with E-state index in [1.807, 2.05) is 0 Å². The Bertz CT molecular complexity index is 446. The third kappa shape index (κ3) is 3.55. The number of halogens is 5. The zero-order valence-corrected chi connectivity index (χ0v) is 9.63. The van der Waals surface area contributed by atoms with Gasteiger partial charge in [-0.15, -0.1) is 0 Å². The first-order valence-corrected chi connectivity index (χ1v) is 6.61. The predicted molar refractivity (Wildman–Crippen MR) is 55.9 cm³/mol. The molecule has 0 heterocycles. The number of benzene rings is 1. The van der Waals surface area contributed by atoms with E-state index in [2.05, 4.69) is 0 Å². The van der Waals surface area contributed by atoms with Crippen molar-refractivity contribution >= 4 is 10.2 Å². The minimum atomic E-state index is -9.82. The second-order valence-electron chi connectivity index (χ2n) is 3.74. The normalized spacial score (nSPS) is 19.8. The molecule has 0 saturated heterocycles. The summed E-state index contributed by atoms with van der Waals surface area (Å²) in [4.78, 5) is -2.16. The van der Waals surface area contributed by atoms with Gasteiger partial charge >= 0.3 is 10.2 Å². The summed E-state index contributed by atoms with van der Waals surface area (Å²) < 4.78 is 62.4. The second-order valence-corrected chi connectivity index (χ2v) is 6.15. The number of aliphatic hydroxyl groups excluding tert-OH is 3. The van der Waals surface area contributed by atoms with E-state index in [4.69, 9.17) is 10.2 Å². The molecule has 2 unspecified atom stereocenters. The number of hydrogen-bond donors (Lipinski definition) is 3. The van der Waals surface area contributed by atoms with Gasteiger partial charge in [-0.3, -0.25) is 0 Å². The van der Waals surface area contributed by atoms with Crippen LogP contribution in [-0.4, -0.2) is 28.0 Å². The monoisotopic (exact) mass is 294 g/mol. The zero-order chi connectivity index (χ0) is 14.3. The fourth-order valence-corrected chi connectivity index (χ4v) is 1.96. The molecule has 106 valence electrons. The van der Waals surface area contributed by atoms with Gasteiger partial charge in [0.25, 0.3) is 0 Å². The highest BCUT2D eigenvalue weighted by atomic mass is 32.5. The molecular weight excluding hydrogens is 283 g/mol. The van der Waals surface area contributed by atoms with Crippen LogP contribution >= 0.6 is 10.2 Å². The fraction of sp³-hybridized carbons (Fsp3) is 0.333. The van der Waals surface area contributed by atoms with Crippen LogP contribution in [0.15, 0.2) is 29.2 Å². The Morgan fingerprint density at radius 3 is 2.06 bits per heavy atom. The van der Waals surface area contributed by atoms with Crippen LogP contribution < -0.4 is 0 Å². The van der Waals surface area contributed by atoms with E-state index in [1.165, 1.54) is 0 Å². The van der Waals surface area contributed by atoms with Crippen LogP contribution in [0.5, 0.6) is 0 Å². The third-order valence-electron chi connectivity index (χ3n) is 2.20. The summed E-state index contributed by atoms with van der Waals surface area (Å²) in [5.41, 5.74) is -0.553. The number of hydrogen-bond acceptors (Lipinski definition) is 3. The van der Waals surface area contributed by atoms with Crippen LogP contribution in [0.4, 0.5) is 19.4 Å². The first-order valence-electron chi connectivity index (χ1n) is 4.66. The Hall–Kier alpha value is -0.900. The highest BCUT2D eigenvalue weighted by molar-refractivity contribution is 8.45. The summed E-state index contributed by atoms with van der Waals surface area (Å²) in [6.45, 7) is -0.915. The first kappa shape index (κ1) is 15.2. The van der Waals surface area contributed by atoms with Crippen molar-refractivity contribution in [3.05, 3.63) is 29.8 Å². The van der Waals surface area contributed by atoms with Gasteiger partial charge in [-0.2, -0.15) is 0 Å². The van der Waals surface area contributed by atoms with E-state index in [-0.39, 0.29) is 12.1 Å². The van der Waals surface area contributed by atoms with Crippen LogP contribution in [0.3, 0.4) is 0 Å². The molecule has 0 amide bonds. The Kier molecular flexibility index (Phi) is 3.20. The van der Waals surface area contributed by atoms with Crippen LogP contribution in [0.1, 0.15) is 11.7 Å². The minimum Gasteiger partial charge on any atom is -0.394 e.